The molecule has 25 heavy (non-hydrogen) atoms. The van der Waals surface area contributed by atoms with E-state index in [9.17, 15) is 9.00 Å². The van der Waals surface area contributed by atoms with E-state index in [1.807, 2.05) is 24.3 Å². The van der Waals surface area contributed by atoms with Crippen LogP contribution in [-0.2, 0) is 21.3 Å². The van der Waals surface area contributed by atoms with E-state index in [0.717, 1.165) is 49.9 Å². The Kier molecular flexibility index (Phi) is 8.40. The normalized spacial score (nSPS) is 22.6. The summed E-state index contributed by atoms with van der Waals surface area (Å²) in [5.41, 5.74) is 1.86. The van der Waals surface area contributed by atoms with E-state index in [0.29, 0.717) is 11.0 Å². The Labute approximate surface area is 159 Å². The summed E-state index contributed by atoms with van der Waals surface area (Å²) in [5, 5.41) is 6.62. The third-order valence-corrected chi connectivity index (χ3v) is 6.89. The summed E-state index contributed by atoms with van der Waals surface area (Å²) in [7, 11) is -0.808. The zero-order valence-electron chi connectivity index (χ0n) is 14.7. The molecule has 4 nitrogen and oxygen atoms in total. The van der Waals surface area contributed by atoms with Crippen molar-refractivity contribution < 1.29 is 9.00 Å². The van der Waals surface area contributed by atoms with E-state index in [4.69, 9.17) is 0 Å². The second-order valence-corrected chi connectivity index (χ2v) is 8.69. The molecule has 1 aliphatic carbocycles. The van der Waals surface area contributed by atoms with Gasteiger partial charge >= 0.3 is 0 Å². The molecule has 2 N–H and O–H groups in total. The first-order chi connectivity index (χ1) is 11.7. The number of nitrogens with one attached hydrogen (secondary N) is 2. The molecular weight excluding hydrogens is 356 g/mol. The lowest BCUT2D eigenvalue weighted by Crippen LogP contribution is -2.43. The van der Waals surface area contributed by atoms with Crippen LogP contribution in [0.5, 0.6) is 0 Å². The second-order valence-electron chi connectivity index (χ2n) is 6.98. The molecule has 1 aromatic carbocycles. The fraction of sp³-hybridized carbons (Fsp3) is 0.632. The van der Waals surface area contributed by atoms with Crippen LogP contribution in [0.15, 0.2) is 24.3 Å². The first kappa shape index (κ1) is 20.4. The smallest absolute Gasteiger partial charge is 0.241 e. The van der Waals surface area contributed by atoms with Crippen molar-refractivity contribution in [2.75, 3.05) is 11.9 Å². The van der Waals surface area contributed by atoms with Gasteiger partial charge < -0.3 is 10.6 Å². The summed E-state index contributed by atoms with van der Waals surface area (Å²) in [6.07, 6.45) is 9.04. The van der Waals surface area contributed by atoms with Crippen molar-refractivity contribution >= 4 is 34.8 Å². The van der Waals surface area contributed by atoms with Gasteiger partial charge in [-0.15, -0.1) is 12.4 Å². The number of hydrogen-bond donors (Lipinski definition) is 2. The lowest BCUT2D eigenvalue weighted by molar-refractivity contribution is -0.118. The summed E-state index contributed by atoms with van der Waals surface area (Å²) >= 11 is 0. The molecule has 6 heteroatoms. The molecule has 0 spiro atoms. The number of benzene rings is 1. The average Bonchev–Trinajstić information content (AvgIpc) is 2.63. The number of anilines is 1. The summed E-state index contributed by atoms with van der Waals surface area (Å²) < 4.78 is 12.6. The van der Waals surface area contributed by atoms with Crippen molar-refractivity contribution in [1.29, 1.82) is 0 Å². The highest BCUT2D eigenvalue weighted by atomic mass is 35.5. The van der Waals surface area contributed by atoms with E-state index in [1.165, 1.54) is 19.3 Å². The Morgan fingerprint density at radius 1 is 1.12 bits per heavy atom. The Balaban J connectivity index is 0.00000225. The van der Waals surface area contributed by atoms with E-state index in [2.05, 4.69) is 10.6 Å². The van der Waals surface area contributed by atoms with Gasteiger partial charge in [0.05, 0.1) is 6.04 Å². The van der Waals surface area contributed by atoms with Gasteiger partial charge in [0.15, 0.2) is 0 Å². The molecule has 0 radical (unpaired) electrons. The highest BCUT2D eigenvalue weighted by Gasteiger charge is 2.21. The Hall–Kier alpha value is -0.910. The number of carbonyl (C=O) groups excluding carboxylic acids is 1. The Morgan fingerprint density at radius 3 is 2.60 bits per heavy atom. The zero-order chi connectivity index (χ0) is 16.8. The van der Waals surface area contributed by atoms with Gasteiger partial charge in [-0.2, -0.15) is 0 Å². The molecule has 140 valence electrons. The molecule has 1 amide bonds. The molecule has 1 heterocycles. The van der Waals surface area contributed by atoms with Gasteiger partial charge in [-0.3, -0.25) is 9.00 Å². The van der Waals surface area contributed by atoms with Gasteiger partial charge in [-0.1, -0.05) is 37.8 Å². The SMILES string of the molecule is Cl.O=C(Nc1cccc(CS(=O)C2CCCCC2)c1)C1CCCCN1. The van der Waals surface area contributed by atoms with Crippen LogP contribution in [0, 0.1) is 0 Å². The maximum Gasteiger partial charge on any atom is 0.241 e. The summed E-state index contributed by atoms with van der Waals surface area (Å²) in [4.78, 5) is 12.3. The molecule has 1 saturated carbocycles. The van der Waals surface area contributed by atoms with E-state index >= 15 is 0 Å². The van der Waals surface area contributed by atoms with Gasteiger partial charge in [0.1, 0.15) is 0 Å². The minimum absolute atomic E-state index is 0. The van der Waals surface area contributed by atoms with Crippen LogP contribution in [-0.4, -0.2) is 28.0 Å². The Bertz CT molecular complexity index is 537. The molecular formula is C19H29ClN2O2S. The van der Waals surface area contributed by atoms with Crippen molar-refractivity contribution in [3.8, 4) is 0 Å². The highest BCUT2D eigenvalue weighted by Crippen LogP contribution is 2.24. The fourth-order valence-corrected chi connectivity index (χ4v) is 5.26. The number of carbonyl (C=O) groups is 1. The maximum atomic E-state index is 12.6. The van der Waals surface area contributed by atoms with Crippen molar-refractivity contribution in [3.63, 3.8) is 0 Å². The lowest BCUT2D eigenvalue weighted by Gasteiger charge is -2.23. The summed E-state index contributed by atoms with van der Waals surface area (Å²) in [6, 6.07) is 7.75. The number of amides is 1. The summed E-state index contributed by atoms with van der Waals surface area (Å²) in [6.45, 7) is 0.915. The molecule has 2 fully saturated rings. The van der Waals surface area contributed by atoms with Crippen molar-refractivity contribution in [2.45, 2.75) is 68.4 Å². The van der Waals surface area contributed by atoms with Gasteiger partial charge in [0, 0.05) is 27.5 Å². The van der Waals surface area contributed by atoms with E-state index in [1.54, 1.807) is 0 Å². The van der Waals surface area contributed by atoms with Crippen molar-refractivity contribution in [2.24, 2.45) is 0 Å². The van der Waals surface area contributed by atoms with Gasteiger partial charge in [0.25, 0.3) is 0 Å². The maximum absolute atomic E-state index is 12.6. The minimum Gasteiger partial charge on any atom is -0.325 e. The van der Waals surface area contributed by atoms with Crippen LogP contribution in [0.1, 0.15) is 56.9 Å². The monoisotopic (exact) mass is 384 g/mol. The third-order valence-electron chi connectivity index (χ3n) is 5.05. The molecule has 1 saturated heterocycles. The van der Waals surface area contributed by atoms with Crippen LogP contribution in [0.2, 0.25) is 0 Å². The third kappa shape index (κ3) is 6.08. The number of halogens is 1. The van der Waals surface area contributed by atoms with Crippen LogP contribution in [0.4, 0.5) is 5.69 Å². The van der Waals surface area contributed by atoms with Crippen LogP contribution < -0.4 is 10.6 Å². The number of piperidine rings is 1. The standard InChI is InChI=1S/C19H28N2O2S.ClH/c22-19(18-11-4-5-12-20-18)21-16-8-6-7-15(13-16)14-24(23)17-9-2-1-3-10-17;/h6-8,13,17-18,20H,1-5,9-12,14H2,(H,21,22);1H. The lowest BCUT2D eigenvalue weighted by atomic mass is 10.0. The van der Waals surface area contributed by atoms with Crippen molar-refractivity contribution in [3.05, 3.63) is 29.8 Å². The first-order valence-electron chi connectivity index (χ1n) is 9.23. The highest BCUT2D eigenvalue weighted by molar-refractivity contribution is 7.84. The minimum atomic E-state index is -0.808. The topological polar surface area (TPSA) is 58.2 Å². The van der Waals surface area contributed by atoms with Gasteiger partial charge in [0.2, 0.25) is 5.91 Å². The van der Waals surface area contributed by atoms with E-state index in [-0.39, 0.29) is 24.4 Å². The van der Waals surface area contributed by atoms with Gasteiger partial charge in [-0.05, 0) is 49.9 Å². The van der Waals surface area contributed by atoms with Crippen LogP contribution in [0.3, 0.4) is 0 Å². The molecule has 1 aliphatic heterocycles. The fourth-order valence-electron chi connectivity index (χ4n) is 3.65. The van der Waals surface area contributed by atoms with E-state index < -0.39 is 10.8 Å². The summed E-state index contributed by atoms with van der Waals surface area (Å²) in [5.74, 6) is 0.635. The quantitative estimate of drug-likeness (QED) is 0.812. The molecule has 2 aliphatic rings. The van der Waals surface area contributed by atoms with Crippen LogP contribution in [0.25, 0.3) is 0 Å². The molecule has 1 aromatic rings. The first-order valence-corrected chi connectivity index (χ1v) is 10.6. The van der Waals surface area contributed by atoms with Gasteiger partial charge in [-0.25, -0.2) is 0 Å². The molecule has 0 aromatic heterocycles. The largest absolute Gasteiger partial charge is 0.325 e. The molecule has 0 bridgehead atoms. The second kappa shape index (κ2) is 10.3. The molecule has 2 unspecified atom stereocenters. The predicted octanol–water partition coefficient (Wildman–Crippen LogP) is 3.77. The predicted molar refractivity (Wildman–Crippen MR) is 107 cm³/mol. The van der Waals surface area contributed by atoms with Crippen molar-refractivity contribution in [1.82, 2.24) is 5.32 Å². The van der Waals surface area contributed by atoms with Crippen LogP contribution >= 0.6 is 12.4 Å². The average molecular weight is 385 g/mol. The number of rotatable bonds is 5. The Morgan fingerprint density at radius 2 is 1.88 bits per heavy atom. The molecule has 3 rings (SSSR count). The molecule has 2 atom stereocenters. The zero-order valence-corrected chi connectivity index (χ0v) is 16.3. The number of hydrogen-bond acceptors (Lipinski definition) is 3.